The van der Waals surface area contributed by atoms with Gasteiger partial charge in [-0.25, -0.2) is 4.98 Å². The first-order chi connectivity index (χ1) is 31.3. The smallest absolute Gasteiger partial charge is 0.138 e. The van der Waals surface area contributed by atoms with Gasteiger partial charge in [-0.05, 0) is 106 Å². The molecule has 3 heterocycles. The molecule has 0 spiro atoms. The van der Waals surface area contributed by atoms with Crippen LogP contribution < -0.4 is 0 Å². The van der Waals surface area contributed by atoms with Gasteiger partial charge in [0.05, 0.1) is 33.2 Å². The Balaban J connectivity index is 1.18. The second kappa shape index (κ2) is 14.0. The Morgan fingerprint density at radius 1 is 0.429 bits per heavy atom. The second-order valence-corrected chi connectivity index (χ2v) is 17.0. The van der Waals surface area contributed by atoms with Crippen molar-refractivity contribution in [2.24, 2.45) is 0 Å². The van der Waals surface area contributed by atoms with E-state index in [2.05, 4.69) is 234 Å². The Morgan fingerprint density at radius 3 is 1.75 bits per heavy atom. The van der Waals surface area contributed by atoms with Gasteiger partial charge in [0.2, 0.25) is 0 Å². The zero-order chi connectivity index (χ0) is 41.5. The fourth-order valence-corrected chi connectivity index (χ4v) is 10.9. The van der Waals surface area contributed by atoms with Gasteiger partial charge in [0.1, 0.15) is 5.82 Å². The minimum atomic E-state index is -0.543. The van der Waals surface area contributed by atoms with Gasteiger partial charge in [0, 0.05) is 32.8 Å². The Kier molecular flexibility index (Phi) is 7.95. The molecular formula is C60H41N3. The molecule has 63 heavy (non-hydrogen) atoms. The summed E-state index contributed by atoms with van der Waals surface area (Å²) in [6, 6.07) is 76.1. The van der Waals surface area contributed by atoms with Crippen LogP contribution in [0.4, 0.5) is 0 Å². The van der Waals surface area contributed by atoms with Gasteiger partial charge in [0.15, 0.2) is 0 Å². The Morgan fingerprint density at radius 2 is 1.03 bits per heavy atom. The van der Waals surface area contributed by atoms with Gasteiger partial charge in [-0.2, -0.15) is 0 Å². The number of benzene rings is 8. The Labute approximate surface area is 366 Å². The number of para-hydroxylation sites is 2. The number of allylic oxidation sites excluding steroid dienone is 4. The highest BCUT2D eigenvalue weighted by Gasteiger charge is 2.46. The van der Waals surface area contributed by atoms with Crippen LogP contribution in [0.25, 0.3) is 83.1 Å². The minimum absolute atomic E-state index is 0.543. The molecule has 2 aliphatic rings. The SMILES string of the molecule is C1=CCCC(c2cc(-c3ccccc3)nc(-n3c4cc(C5(c6ccccc6)c6ccccc6-c6ccccc65)ccc4c4cc5c(cc43)c3ccccc3n5-c3ccccc3)c2)=C1. The van der Waals surface area contributed by atoms with Gasteiger partial charge in [-0.15, -0.1) is 0 Å². The lowest BCUT2D eigenvalue weighted by atomic mass is 9.67. The maximum atomic E-state index is 5.62. The molecular weight excluding hydrogens is 763 g/mol. The first kappa shape index (κ1) is 35.7. The van der Waals surface area contributed by atoms with E-state index in [0.717, 1.165) is 46.6 Å². The molecule has 0 amide bonds. The molecule has 0 fully saturated rings. The standard InChI is InChI=1S/C60H41N3/c1-5-19-40(20-6-1)42-35-54(41-21-7-2-8-22-41)61-59(36-42)63-56-37-44(60(43-23-9-3-10-24-43)52-30-16-13-27-46(52)47-28-14-17-31-53(47)60)33-34-49(56)51-38-57-50(39-58(51)63)48-29-15-18-32-55(48)62(57)45-25-11-4-12-26-45/h1-5,7-19,21-39H,6,20H2. The summed E-state index contributed by atoms with van der Waals surface area (Å²) in [6.45, 7) is 0. The first-order valence-corrected chi connectivity index (χ1v) is 22.0. The maximum Gasteiger partial charge on any atom is 0.138 e. The van der Waals surface area contributed by atoms with E-state index < -0.39 is 5.41 Å². The number of hydrogen-bond donors (Lipinski definition) is 0. The third-order valence-corrected chi connectivity index (χ3v) is 13.7. The summed E-state index contributed by atoms with van der Waals surface area (Å²) in [5.41, 5.74) is 17.5. The van der Waals surface area contributed by atoms with Gasteiger partial charge in [0.25, 0.3) is 0 Å². The molecule has 13 rings (SSSR count). The van der Waals surface area contributed by atoms with Crippen LogP contribution in [0.15, 0.2) is 224 Å². The van der Waals surface area contributed by atoms with Crippen LogP contribution in [-0.4, -0.2) is 14.1 Å². The number of rotatable bonds is 6. The van der Waals surface area contributed by atoms with Crippen LogP contribution in [0.5, 0.6) is 0 Å². The van der Waals surface area contributed by atoms with Gasteiger partial charge in [-0.1, -0.05) is 176 Å². The van der Waals surface area contributed by atoms with E-state index in [1.54, 1.807) is 0 Å². The number of nitrogens with zero attached hydrogens (tertiary/aromatic N) is 3. The molecule has 2 aliphatic carbocycles. The second-order valence-electron chi connectivity index (χ2n) is 17.0. The van der Waals surface area contributed by atoms with Crippen molar-refractivity contribution in [3.8, 4) is 33.9 Å². The molecule has 0 aliphatic heterocycles. The fraction of sp³-hybridized carbons (Fsp3) is 0.0500. The third-order valence-electron chi connectivity index (χ3n) is 13.7. The van der Waals surface area contributed by atoms with E-state index in [1.165, 1.54) is 77.1 Å². The largest absolute Gasteiger partial charge is 0.309 e. The molecule has 0 saturated carbocycles. The zero-order valence-corrected chi connectivity index (χ0v) is 34.6. The van der Waals surface area contributed by atoms with Crippen molar-refractivity contribution in [3.63, 3.8) is 0 Å². The number of aromatic nitrogens is 3. The lowest BCUT2D eigenvalue weighted by Crippen LogP contribution is -2.28. The van der Waals surface area contributed by atoms with Crippen LogP contribution >= 0.6 is 0 Å². The molecule has 3 nitrogen and oxygen atoms in total. The van der Waals surface area contributed by atoms with Crippen molar-refractivity contribution in [3.05, 3.63) is 252 Å². The van der Waals surface area contributed by atoms with Gasteiger partial charge < -0.3 is 4.57 Å². The van der Waals surface area contributed by atoms with Gasteiger partial charge >= 0.3 is 0 Å². The van der Waals surface area contributed by atoms with E-state index in [-0.39, 0.29) is 0 Å². The van der Waals surface area contributed by atoms with Crippen molar-refractivity contribution in [1.82, 2.24) is 14.1 Å². The Bertz CT molecular complexity index is 3620. The molecule has 0 bridgehead atoms. The normalized spacial score (nSPS) is 14.1. The molecule has 3 aromatic heterocycles. The van der Waals surface area contributed by atoms with Crippen molar-refractivity contribution in [1.29, 1.82) is 0 Å². The quantitative estimate of drug-likeness (QED) is 0.164. The molecule has 11 aromatic rings. The maximum absolute atomic E-state index is 5.62. The Hall–Kier alpha value is -8.01. The number of hydrogen-bond acceptors (Lipinski definition) is 1. The highest BCUT2D eigenvalue weighted by Crippen LogP contribution is 2.56. The molecule has 0 saturated heterocycles. The third kappa shape index (κ3) is 5.30. The van der Waals surface area contributed by atoms with Crippen LogP contribution in [0.3, 0.4) is 0 Å². The highest BCUT2D eigenvalue weighted by molar-refractivity contribution is 6.19. The fourth-order valence-electron chi connectivity index (χ4n) is 10.9. The molecule has 3 heteroatoms. The molecule has 0 unspecified atom stereocenters. The van der Waals surface area contributed by atoms with E-state index >= 15 is 0 Å². The number of fused-ring (bicyclic) bond motifs is 9. The minimum Gasteiger partial charge on any atom is -0.309 e. The first-order valence-electron chi connectivity index (χ1n) is 22.0. The van der Waals surface area contributed by atoms with Crippen LogP contribution in [0.2, 0.25) is 0 Å². The molecule has 0 radical (unpaired) electrons. The average Bonchev–Trinajstić information content (AvgIpc) is 3.97. The average molecular weight is 804 g/mol. The molecule has 0 N–H and O–H groups in total. The monoisotopic (exact) mass is 803 g/mol. The van der Waals surface area contributed by atoms with E-state index in [4.69, 9.17) is 4.98 Å². The lowest BCUT2D eigenvalue weighted by molar-refractivity contribution is 0.769. The zero-order valence-electron chi connectivity index (χ0n) is 34.6. The molecule has 0 atom stereocenters. The summed E-state index contributed by atoms with van der Waals surface area (Å²) in [7, 11) is 0. The van der Waals surface area contributed by atoms with Crippen molar-refractivity contribution < 1.29 is 0 Å². The van der Waals surface area contributed by atoms with Gasteiger partial charge in [-0.3, -0.25) is 4.57 Å². The molecule has 8 aromatic carbocycles. The molecule has 296 valence electrons. The highest BCUT2D eigenvalue weighted by atomic mass is 15.1. The van der Waals surface area contributed by atoms with Crippen molar-refractivity contribution in [2.45, 2.75) is 18.3 Å². The lowest BCUT2D eigenvalue weighted by Gasteiger charge is -2.34. The summed E-state index contributed by atoms with van der Waals surface area (Å²) >= 11 is 0. The van der Waals surface area contributed by atoms with Crippen molar-refractivity contribution >= 4 is 49.2 Å². The summed E-state index contributed by atoms with van der Waals surface area (Å²) < 4.78 is 4.89. The topological polar surface area (TPSA) is 22.8 Å². The summed E-state index contributed by atoms with van der Waals surface area (Å²) in [5.74, 6) is 0.908. The van der Waals surface area contributed by atoms with Crippen LogP contribution in [-0.2, 0) is 5.41 Å². The van der Waals surface area contributed by atoms with Crippen molar-refractivity contribution in [2.75, 3.05) is 0 Å². The van der Waals surface area contributed by atoms with E-state index in [1.807, 2.05) is 0 Å². The number of pyridine rings is 1. The summed E-state index contributed by atoms with van der Waals surface area (Å²) in [4.78, 5) is 5.62. The van der Waals surface area contributed by atoms with Crippen LogP contribution in [0, 0.1) is 0 Å². The van der Waals surface area contributed by atoms with E-state index in [0.29, 0.717) is 0 Å². The predicted octanol–water partition coefficient (Wildman–Crippen LogP) is 15.0. The predicted molar refractivity (Wildman–Crippen MR) is 262 cm³/mol. The van der Waals surface area contributed by atoms with Crippen LogP contribution in [0.1, 0.15) is 40.7 Å². The van der Waals surface area contributed by atoms with E-state index in [9.17, 15) is 0 Å². The summed E-state index contributed by atoms with van der Waals surface area (Å²) in [5, 5.41) is 4.82. The summed E-state index contributed by atoms with van der Waals surface area (Å²) in [6.07, 6.45) is 8.76.